The smallest absolute Gasteiger partial charge is 0.420 e. The zero-order valence-electron chi connectivity index (χ0n) is 16.0. The lowest BCUT2D eigenvalue weighted by atomic mass is 10.1. The summed E-state index contributed by atoms with van der Waals surface area (Å²) in [5, 5.41) is 3.57. The summed E-state index contributed by atoms with van der Waals surface area (Å²) in [6.45, 7) is 10.7. The molecule has 0 saturated carbocycles. The van der Waals surface area contributed by atoms with Crippen molar-refractivity contribution in [3.8, 4) is 0 Å². The van der Waals surface area contributed by atoms with Gasteiger partial charge in [-0.1, -0.05) is 25.3 Å². The minimum atomic E-state index is -0.506. The van der Waals surface area contributed by atoms with Crippen LogP contribution in [0.15, 0.2) is 12.5 Å². The molecule has 1 fully saturated rings. The summed E-state index contributed by atoms with van der Waals surface area (Å²) in [4.78, 5) is 16.3. The Morgan fingerprint density at radius 1 is 1.40 bits per heavy atom. The van der Waals surface area contributed by atoms with E-state index in [-0.39, 0.29) is 6.09 Å². The first-order chi connectivity index (χ1) is 11.9. The summed E-state index contributed by atoms with van der Waals surface area (Å²) in [7, 11) is 0. The van der Waals surface area contributed by atoms with Crippen LogP contribution >= 0.6 is 11.9 Å². The number of carbonyl (C=O) groups excluding carboxylic acids is 1. The first-order valence-corrected chi connectivity index (χ1v) is 10.2. The summed E-state index contributed by atoms with van der Waals surface area (Å²) >= 11 is 1.98. The average Bonchev–Trinajstić information content (AvgIpc) is 3.01. The highest BCUT2D eigenvalue weighted by Gasteiger charge is 2.22. The fourth-order valence-electron chi connectivity index (χ4n) is 2.70. The summed E-state index contributed by atoms with van der Waals surface area (Å²) in [5.41, 5.74) is 0.336. The molecule has 0 amide bonds. The maximum Gasteiger partial charge on any atom is 0.420 e. The van der Waals surface area contributed by atoms with E-state index in [4.69, 9.17) is 4.74 Å². The van der Waals surface area contributed by atoms with Crippen LogP contribution < -0.4 is 5.32 Å². The zero-order chi connectivity index (χ0) is 18.3. The van der Waals surface area contributed by atoms with E-state index in [1.54, 1.807) is 6.20 Å². The van der Waals surface area contributed by atoms with Gasteiger partial charge in [0.15, 0.2) is 0 Å². The number of hydrogen-bond acceptors (Lipinski definition) is 6. The van der Waals surface area contributed by atoms with Crippen molar-refractivity contribution >= 4 is 18.0 Å². The second-order valence-corrected chi connectivity index (χ2v) is 8.69. The molecule has 1 aromatic heterocycles. The Morgan fingerprint density at radius 2 is 2.12 bits per heavy atom. The van der Waals surface area contributed by atoms with Crippen LogP contribution in [0.25, 0.3) is 0 Å². The molecule has 1 aromatic rings. The van der Waals surface area contributed by atoms with Crippen molar-refractivity contribution in [2.24, 2.45) is 0 Å². The molecule has 1 N–H and O–H groups in total. The Hall–Kier alpha value is -1.05. The largest absolute Gasteiger partial charge is 0.443 e. The molecule has 2 heterocycles. The fraction of sp³-hybridized carbons (Fsp3) is 0.778. The maximum atomic E-state index is 12.2. The lowest BCUT2D eigenvalue weighted by Gasteiger charge is -2.31. The number of carbonyl (C=O) groups is 1. The standard InChI is InChI=1S/C18H32N4O2S/c1-5-6-11-25-21-9-7-15(8-10-21)20-13-16-12-19-14-22(16)17(23)24-18(2,3)4/h12,14-15,20H,5-11,13H2,1-4H3. The van der Waals surface area contributed by atoms with Gasteiger partial charge in [-0.05, 0) is 40.0 Å². The molecule has 142 valence electrons. The summed E-state index contributed by atoms with van der Waals surface area (Å²) in [6.07, 6.45) is 7.71. The number of nitrogens with zero attached hydrogens (tertiary/aromatic N) is 3. The van der Waals surface area contributed by atoms with Gasteiger partial charge in [0.05, 0.1) is 11.9 Å². The highest BCUT2D eigenvalue weighted by molar-refractivity contribution is 7.97. The number of imidazole rings is 1. The Balaban J connectivity index is 1.76. The predicted octanol–water partition coefficient (Wildman–Crippen LogP) is 3.67. The number of ether oxygens (including phenoxy) is 1. The Morgan fingerprint density at radius 3 is 2.76 bits per heavy atom. The van der Waals surface area contributed by atoms with E-state index in [9.17, 15) is 4.79 Å². The fourth-order valence-corrected chi connectivity index (χ4v) is 3.85. The SMILES string of the molecule is CCCCSN1CCC(NCc2cncn2C(=O)OC(C)(C)C)CC1. The number of piperidine rings is 1. The molecule has 0 aromatic carbocycles. The molecule has 0 spiro atoms. The molecule has 25 heavy (non-hydrogen) atoms. The minimum Gasteiger partial charge on any atom is -0.443 e. The Labute approximate surface area is 155 Å². The highest BCUT2D eigenvalue weighted by Crippen LogP contribution is 2.20. The third-order valence-corrected chi connectivity index (χ3v) is 5.30. The van der Waals surface area contributed by atoms with Crippen LogP contribution in [0, 0.1) is 0 Å². The van der Waals surface area contributed by atoms with Crippen LogP contribution in [0.3, 0.4) is 0 Å². The zero-order valence-corrected chi connectivity index (χ0v) is 16.8. The third kappa shape index (κ3) is 6.99. The van der Waals surface area contributed by atoms with E-state index in [0.29, 0.717) is 12.6 Å². The first-order valence-electron chi connectivity index (χ1n) is 9.25. The van der Waals surface area contributed by atoms with Crippen LogP contribution in [-0.4, -0.2) is 50.4 Å². The molecule has 1 aliphatic heterocycles. The van der Waals surface area contributed by atoms with Crippen molar-refractivity contribution in [1.82, 2.24) is 19.2 Å². The minimum absolute atomic E-state index is 0.371. The van der Waals surface area contributed by atoms with E-state index < -0.39 is 5.60 Å². The quantitative estimate of drug-likeness (QED) is 0.585. The summed E-state index contributed by atoms with van der Waals surface area (Å²) in [6, 6.07) is 0.491. The molecule has 7 heteroatoms. The van der Waals surface area contributed by atoms with Crippen LogP contribution in [0.1, 0.15) is 59.1 Å². The third-order valence-electron chi connectivity index (χ3n) is 4.10. The van der Waals surface area contributed by atoms with Crippen molar-refractivity contribution in [3.05, 3.63) is 18.2 Å². The molecule has 6 nitrogen and oxygen atoms in total. The second-order valence-electron chi connectivity index (χ2n) is 7.51. The first kappa shape index (κ1) is 20.3. The van der Waals surface area contributed by atoms with E-state index >= 15 is 0 Å². The van der Waals surface area contributed by atoms with E-state index in [1.165, 1.54) is 29.5 Å². The van der Waals surface area contributed by atoms with Crippen LogP contribution in [0.4, 0.5) is 4.79 Å². The van der Waals surface area contributed by atoms with Gasteiger partial charge in [0.2, 0.25) is 0 Å². The molecule has 0 radical (unpaired) electrons. The molecule has 0 atom stereocenters. The van der Waals surface area contributed by atoms with Crippen LogP contribution in [0.2, 0.25) is 0 Å². The number of hydrogen-bond donors (Lipinski definition) is 1. The molecule has 0 aliphatic carbocycles. The average molecular weight is 369 g/mol. The van der Waals surface area contributed by atoms with Gasteiger partial charge in [-0.2, -0.15) is 0 Å². The topological polar surface area (TPSA) is 59.4 Å². The lowest BCUT2D eigenvalue weighted by molar-refractivity contribution is 0.0531. The summed E-state index contributed by atoms with van der Waals surface area (Å²) < 4.78 is 9.40. The molecular weight excluding hydrogens is 336 g/mol. The molecule has 1 saturated heterocycles. The van der Waals surface area contributed by atoms with E-state index in [2.05, 4.69) is 21.5 Å². The van der Waals surface area contributed by atoms with Crippen molar-refractivity contribution in [2.75, 3.05) is 18.8 Å². The van der Waals surface area contributed by atoms with Gasteiger partial charge in [0.1, 0.15) is 11.9 Å². The Kier molecular flexibility index (Phi) is 7.78. The normalized spacial score (nSPS) is 17.0. The number of aromatic nitrogens is 2. The predicted molar refractivity (Wildman–Crippen MR) is 103 cm³/mol. The number of unbranched alkanes of at least 4 members (excludes halogenated alkanes) is 1. The monoisotopic (exact) mass is 368 g/mol. The van der Waals surface area contributed by atoms with Gasteiger partial charge in [-0.3, -0.25) is 4.31 Å². The Bertz CT molecular complexity index is 533. The maximum absolute atomic E-state index is 12.2. The van der Waals surface area contributed by atoms with Gasteiger partial charge >= 0.3 is 6.09 Å². The van der Waals surface area contributed by atoms with Crippen molar-refractivity contribution in [1.29, 1.82) is 0 Å². The molecular formula is C18H32N4O2S. The molecule has 0 unspecified atom stereocenters. The summed E-state index contributed by atoms with van der Waals surface area (Å²) in [5.74, 6) is 1.23. The van der Waals surface area contributed by atoms with Gasteiger partial charge in [-0.15, -0.1) is 0 Å². The lowest BCUT2D eigenvalue weighted by Crippen LogP contribution is -2.40. The molecule has 0 bridgehead atoms. The molecule has 1 aliphatic rings. The van der Waals surface area contributed by atoms with Gasteiger partial charge in [0.25, 0.3) is 0 Å². The van der Waals surface area contributed by atoms with Gasteiger partial charge < -0.3 is 10.1 Å². The van der Waals surface area contributed by atoms with Crippen molar-refractivity contribution < 1.29 is 9.53 Å². The van der Waals surface area contributed by atoms with Crippen LogP contribution in [0.5, 0.6) is 0 Å². The van der Waals surface area contributed by atoms with Crippen molar-refractivity contribution in [3.63, 3.8) is 0 Å². The van der Waals surface area contributed by atoms with Crippen LogP contribution in [-0.2, 0) is 11.3 Å². The number of nitrogens with one attached hydrogen (secondary N) is 1. The second kappa shape index (κ2) is 9.59. The van der Waals surface area contributed by atoms with E-state index in [1.807, 2.05) is 32.7 Å². The van der Waals surface area contributed by atoms with Crippen molar-refractivity contribution in [2.45, 2.75) is 71.6 Å². The molecule has 2 rings (SSSR count). The van der Waals surface area contributed by atoms with Gasteiger partial charge in [0, 0.05) is 31.4 Å². The van der Waals surface area contributed by atoms with E-state index in [0.717, 1.165) is 31.6 Å². The van der Waals surface area contributed by atoms with Gasteiger partial charge in [-0.25, -0.2) is 14.3 Å². The highest BCUT2D eigenvalue weighted by atomic mass is 32.2. The number of rotatable bonds is 7.